The SMILES string of the molecule is COC1C(O)[C@@H](CCP(=O)(OCOCC(C)(C)C)OCOC(=O)C(C)(C)C)O[C@H]1n1ccc(=O)[nH]c1=O. The molecule has 5 atom stereocenters. The molecular weight excluding hydrogens is 511 g/mol. The molecule has 0 aromatic carbocycles. The number of hydrogen-bond donors (Lipinski definition) is 2. The van der Waals surface area contributed by atoms with Crippen LogP contribution in [0.3, 0.4) is 0 Å². The van der Waals surface area contributed by atoms with Crippen LogP contribution < -0.4 is 11.2 Å². The van der Waals surface area contributed by atoms with Crippen molar-refractivity contribution < 1.29 is 42.5 Å². The second-order valence-electron chi connectivity index (χ2n) is 11.0. The number of rotatable bonds is 12. The average molecular weight is 551 g/mol. The molecule has 212 valence electrons. The number of hydrogen-bond acceptors (Lipinski definition) is 11. The number of ether oxygens (including phenoxy) is 4. The fraction of sp³-hybridized carbons (Fsp3) is 0.783. The van der Waals surface area contributed by atoms with Crippen molar-refractivity contribution in [2.75, 3.05) is 33.5 Å². The lowest BCUT2D eigenvalue weighted by atomic mass is 9.98. The number of aliphatic hydroxyl groups excluding tert-OH is 1. The molecule has 2 rings (SSSR count). The zero-order valence-electron chi connectivity index (χ0n) is 22.4. The lowest BCUT2D eigenvalue weighted by molar-refractivity contribution is -0.160. The first-order valence-corrected chi connectivity index (χ1v) is 13.6. The zero-order chi connectivity index (χ0) is 28.0. The quantitative estimate of drug-likeness (QED) is 0.169. The highest BCUT2D eigenvalue weighted by Crippen LogP contribution is 2.50. The van der Waals surface area contributed by atoms with E-state index in [2.05, 4.69) is 4.98 Å². The van der Waals surface area contributed by atoms with Crippen molar-refractivity contribution in [3.8, 4) is 0 Å². The van der Waals surface area contributed by atoms with Gasteiger partial charge < -0.3 is 24.1 Å². The number of carbonyl (C=O) groups excluding carboxylic acids is 1. The van der Waals surface area contributed by atoms with Crippen LogP contribution in [0.2, 0.25) is 0 Å². The first kappa shape index (κ1) is 31.4. The third-order valence-corrected chi connectivity index (χ3v) is 7.12. The highest BCUT2D eigenvalue weighted by Gasteiger charge is 2.46. The Labute approximate surface area is 215 Å². The molecule has 0 saturated carbocycles. The van der Waals surface area contributed by atoms with Crippen LogP contribution in [-0.4, -0.2) is 72.4 Å². The van der Waals surface area contributed by atoms with Crippen LogP contribution >= 0.6 is 7.60 Å². The van der Waals surface area contributed by atoms with Gasteiger partial charge in [0.1, 0.15) is 12.2 Å². The second kappa shape index (κ2) is 12.8. The molecule has 37 heavy (non-hydrogen) atoms. The van der Waals surface area contributed by atoms with Crippen molar-refractivity contribution in [3.05, 3.63) is 33.1 Å². The van der Waals surface area contributed by atoms with E-state index < -0.39 is 61.6 Å². The smallest absolute Gasteiger partial charge is 0.335 e. The molecular formula is C23H39N2O11P. The van der Waals surface area contributed by atoms with Crippen molar-refractivity contribution in [1.82, 2.24) is 9.55 Å². The van der Waals surface area contributed by atoms with Crippen LogP contribution in [0.15, 0.2) is 21.9 Å². The van der Waals surface area contributed by atoms with E-state index in [1.165, 1.54) is 13.3 Å². The number of aromatic amines is 1. The van der Waals surface area contributed by atoms with Gasteiger partial charge in [-0.25, -0.2) is 4.79 Å². The summed E-state index contributed by atoms with van der Waals surface area (Å²) >= 11 is 0. The van der Waals surface area contributed by atoms with Gasteiger partial charge in [-0.1, -0.05) is 20.8 Å². The maximum atomic E-state index is 13.4. The van der Waals surface area contributed by atoms with E-state index in [9.17, 15) is 24.1 Å². The number of esters is 1. The Morgan fingerprint density at radius 3 is 2.38 bits per heavy atom. The largest absolute Gasteiger partial charge is 0.438 e. The monoisotopic (exact) mass is 550 g/mol. The molecule has 2 N–H and O–H groups in total. The summed E-state index contributed by atoms with van der Waals surface area (Å²) in [5.41, 5.74) is -2.25. The standard InChI is InChI=1S/C23H39N2O11P/c1-22(2,3)12-32-13-34-37(30,35-14-33-20(28)23(4,5)6)11-9-15-17(27)18(31-7)19(36-15)25-10-8-16(26)24-21(25)29/h8,10,15,17-19,27H,9,11-14H2,1-7H3,(H,24,26,29)/t15-,17?,18?,19-,37?/m1/s1. The van der Waals surface area contributed by atoms with E-state index in [1.54, 1.807) is 20.8 Å². The Hall–Kier alpha value is -1.86. The van der Waals surface area contributed by atoms with Crippen LogP contribution in [0.5, 0.6) is 0 Å². The maximum absolute atomic E-state index is 13.4. The summed E-state index contributed by atoms with van der Waals surface area (Å²) in [4.78, 5) is 37.8. The minimum Gasteiger partial charge on any atom is -0.438 e. The van der Waals surface area contributed by atoms with Crippen LogP contribution in [0, 0.1) is 10.8 Å². The second-order valence-corrected chi connectivity index (χ2v) is 13.2. The van der Waals surface area contributed by atoms with E-state index in [0.29, 0.717) is 6.61 Å². The molecule has 0 aliphatic carbocycles. The first-order chi connectivity index (χ1) is 17.1. The minimum atomic E-state index is -3.87. The van der Waals surface area contributed by atoms with Gasteiger partial charge in [0.2, 0.25) is 6.79 Å². The van der Waals surface area contributed by atoms with Gasteiger partial charge in [0.25, 0.3) is 5.56 Å². The van der Waals surface area contributed by atoms with Crippen molar-refractivity contribution in [3.63, 3.8) is 0 Å². The molecule has 14 heteroatoms. The number of H-pyrrole nitrogens is 1. The van der Waals surface area contributed by atoms with Crippen LogP contribution in [0.25, 0.3) is 0 Å². The molecule has 1 aliphatic heterocycles. The number of methoxy groups -OCH3 is 1. The molecule has 0 bridgehead atoms. The third-order valence-electron chi connectivity index (χ3n) is 5.32. The summed E-state index contributed by atoms with van der Waals surface area (Å²) < 4.78 is 47.1. The molecule has 13 nitrogen and oxygen atoms in total. The molecule has 1 saturated heterocycles. The normalized spacial score (nSPS) is 24.1. The molecule has 0 amide bonds. The minimum absolute atomic E-state index is 0.0145. The summed E-state index contributed by atoms with van der Waals surface area (Å²) in [7, 11) is -2.53. The summed E-state index contributed by atoms with van der Waals surface area (Å²) in [6.45, 7) is 10.3. The summed E-state index contributed by atoms with van der Waals surface area (Å²) in [5.74, 6) is -0.547. The Balaban J connectivity index is 2.09. The summed E-state index contributed by atoms with van der Waals surface area (Å²) in [5, 5.41) is 10.8. The molecule has 3 unspecified atom stereocenters. The van der Waals surface area contributed by atoms with Crippen LogP contribution in [0.4, 0.5) is 0 Å². The third kappa shape index (κ3) is 9.43. The van der Waals surface area contributed by atoms with Gasteiger partial charge in [-0.3, -0.25) is 32.8 Å². The average Bonchev–Trinajstić information content (AvgIpc) is 3.09. The van der Waals surface area contributed by atoms with E-state index >= 15 is 0 Å². The summed E-state index contributed by atoms with van der Waals surface area (Å²) in [6.07, 6.45) is -3.10. The topological polar surface area (TPSA) is 165 Å². The van der Waals surface area contributed by atoms with E-state index in [-0.39, 0.29) is 24.8 Å². The van der Waals surface area contributed by atoms with Crippen molar-refractivity contribution in [2.45, 2.75) is 72.5 Å². The molecule has 1 fully saturated rings. The lowest BCUT2D eigenvalue weighted by Crippen LogP contribution is -2.38. The summed E-state index contributed by atoms with van der Waals surface area (Å²) in [6, 6.07) is 1.14. The molecule has 2 heterocycles. The number of nitrogens with zero attached hydrogens (tertiary/aromatic N) is 1. The van der Waals surface area contributed by atoms with Crippen LogP contribution in [0.1, 0.15) is 54.2 Å². The van der Waals surface area contributed by atoms with Crippen molar-refractivity contribution in [2.24, 2.45) is 10.8 Å². The van der Waals surface area contributed by atoms with Crippen LogP contribution in [-0.2, 0) is 37.4 Å². The highest BCUT2D eigenvalue weighted by atomic mass is 31.2. The number of aromatic nitrogens is 2. The van der Waals surface area contributed by atoms with Gasteiger partial charge in [0, 0.05) is 19.4 Å². The fourth-order valence-corrected chi connectivity index (χ4v) is 4.71. The predicted molar refractivity (Wildman–Crippen MR) is 132 cm³/mol. The molecule has 1 aromatic heterocycles. The zero-order valence-corrected chi connectivity index (χ0v) is 23.3. The lowest BCUT2D eigenvalue weighted by Gasteiger charge is -2.23. The van der Waals surface area contributed by atoms with Gasteiger partial charge in [-0.15, -0.1) is 0 Å². The molecule has 1 aromatic rings. The van der Waals surface area contributed by atoms with Gasteiger partial charge >= 0.3 is 19.3 Å². The Bertz CT molecular complexity index is 1060. The molecule has 0 spiro atoms. The van der Waals surface area contributed by atoms with Gasteiger partial charge in [0.15, 0.2) is 13.0 Å². The Kier molecular flexibility index (Phi) is 10.8. The van der Waals surface area contributed by atoms with Gasteiger partial charge in [0.05, 0.1) is 24.3 Å². The van der Waals surface area contributed by atoms with Gasteiger partial charge in [-0.05, 0) is 32.6 Å². The molecule has 1 aliphatic rings. The maximum Gasteiger partial charge on any atom is 0.335 e. The Morgan fingerprint density at radius 2 is 1.81 bits per heavy atom. The fourth-order valence-electron chi connectivity index (χ4n) is 3.36. The van der Waals surface area contributed by atoms with Crippen molar-refractivity contribution >= 4 is 13.6 Å². The predicted octanol–water partition coefficient (Wildman–Crippen LogP) is 1.99. The van der Waals surface area contributed by atoms with Crippen molar-refractivity contribution in [1.29, 1.82) is 0 Å². The van der Waals surface area contributed by atoms with E-state index in [4.69, 9.17) is 28.0 Å². The van der Waals surface area contributed by atoms with Gasteiger partial charge in [-0.2, -0.15) is 0 Å². The first-order valence-electron chi connectivity index (χ1n) is 11.9. The number of carbonyl (C=O) groups is 1. The Morgan fingerprint density at radius 1 is 1.16 bits per heavy atom. The van der Waals surface area contributed by atoms with E-state index in [1.807, 2.05) is 20.8 Å². The number of nitrogens with one attached hydrogen (secondary N) is 1. The highest BCUT2D eigenvalue weighted by molar-refractivity contribution is 7.53. The van der Waals surface area contributed by atoms with E-state index in [0.717, 1.165) is 10.6 Å². The number of aliphatic hydroxyl groups is 1. The molecule has 0 radical (unpaired) electrons.